The van der Waals surface area contributed by atoms with Crippen LogP contribution in [-0.4, -0.2) is 62.2 Å². The number of rotatable bonds is 12. The monoisotopic (exact) mass is 607 g/mol. The second-order valence-corrected chi connectivity index (χ2v) is 15.0. The minimum atomic E-state index is -0.713. The average Bonchev–Trinajstić information content (AvgIpc) is 3.63. The van der Waals surface area contributed by atoms with Crippen LogP contribution in [0.2, 0.25) is 0 Å². The molecular weight excluding hydrogens is 553 g/mol. The Morgan fingerprint density at radius 3 is 2.41 bits per heavy atom. The molecule has 2 bridgehead atoms. The molecule has 0 aromatic heterocycles. The Morgan fingerprint density at radius 1 is 1.07 bits per heavy atom. The molecule has 0 unspecified atom stereocenters. The van der Waals surface area contributed by atoms with Crippen molar-refractivity contribution >= 4 is 24.9 Å². The molecule has 6 atom stereocenters. The van der Waals surface area contributed by atoms with Crippen molar-refractivity contribution in [3.05, 3.63) is 35.9 Å². The number of carbonyl (C=O) groups is 2. The standard InChI is InChI=1S/C34H54BN5O4/c1-22(2)19-28(35-43-27-21-24-20-26(32(24,3)4)33(27,5)44-35)40-29(41)25(15-12-18-38-31(36)37-6)39-30(42)34(16-10-11-17-34)23-13-8-7-9-14-23/h7-9,13-14,22,24-28H,10-12,15-21H2,1-6H3,(H,39,42)(H,40,41)(H3,36,37,38)/t24-,25-,26-,27+,28-,33-/m0/s1. The average molecular weight is 608 g/mol. The quantitative estimate of drug-likeness (QED) is 0.104. The molecule has 242 valence electrons. The third-order valence-electron chi connectivity index (χ3n) is 11.4. The predicted octanol–water partition coefficient (Wildman–Crippen LogP) is 4.31. The van der Waals surface area contributed by atoms with Gasteiger partial charge in [-0.1, -0.05) is 70.9 Å². The summed E-state index contributed by atoms with van der Waals surface area (Å²) in [5.41, 5.74) is 0.271. The van der Waals surface area contributed by atoms with Crippen LogP contribution >= 0.6 is 0 Å². The number of carbonyl (C=O) groups excluding carboxylic acids is 2. The topological polar surface area (TPSA) is 125 Å². The third-order valence-corrected chi connectivity index (χ3v) is 11.4. The van der Waals surface area contributed by atoms with E-state index in [4.69, 9.17) is 14.7 Å². The lowest BCUT2D eigenvalue weighted by molar-refractivity contribution is -0.199. The van der Waals surface area contributed by atoms with Crippen LogP contribution in [0.5, 0.6) is 0 Å². The smallest absolute Gasteiger partial charge is 0.404 e. The molecule has 4 aliphatic carbocycles. The molecule has 1 aliphatic heterocycles. The van der Waals surface area contributed by atoms with Gasteiger partial charge in [0, 0.05) is 13.6 Å². The van der Waals surface area contributed by atoms with Crippen LogP contribution in [0.3, 0.4) is 0 Å². The van der Waals surface area contributed by atoms with Crippen molar-refractivity contribution in [1.29, 1.82) is 5.41 Å². The second-order valence-electron chi connectivity index (χ2n) is 15.0. The Labute approximate surface area is 264 Å². The SMILES string of the molecule is CNC(=N)NCCC[C@H](NC(=O)C1(c2ccccc2)CCCC1)C(=O)N[C@@H](CC(C)C)B1O[C@@H]2C[C@@H]3C[C@@H](C3(C)C)[C@]2(C)O1. The zero-order valence-corrected chi connectivity index (χ0v) is 27.6. The zero-order chi connectivity index (χ0) is 31.7. The molecule has 5 N–H and O–H groups in total. The maximum atomic E-state index is 14.1. The molecule has 6 rings (SSSR count). The summed E-state index contributed by atoms with van der Waals surface area (Å²) in [6.45, 7) is 11.7. The molecule has 4 saturated carbocycles. The van der Waals surface area contributed by atoms with Crippen molar-refractivity contribution in [3.63, 3.8) is 0 Å². The lowest BCUT2D eigenvalue weighted by Gasteiger charge is -2.64. The van der Waals surface area contributed by atoms with Crippen LogP contribution in [0.1, 0.15) is 98.0 Å². The van der Waals surface area contributed by atoms with Crippen molar-refractivity contribution in [2.75, 3.05) is 13.6 Å². The molecule has 10 heteroatoms. The van der Waals surface area contributed by atoms with Gasteiger partial charge >= 0.3 is 7.12 Å². The van der Waals surface area contributed by atoms with Crippen molar-refractivity contribution in [2.24, 2.45) is 23.2 Å². The highest BCUT2D eigenvalue weighted by molar-refractivity contribution is 6.48. The van der Waals surface area contributed by atoms with Gasteiger partial charge in [-0.2, -0.15) is 0 Å². The van der Waals surface area contributed by atoms with E-state index in [9.17, 15) is 9.59 Å². The Balaban J connectivity index is 1.32. The van der Waals surface area contributed by atoms with E-state index < -0.39 is 18.6 Å². The summed E-state index contributed by atoms with van der Waals surface area (Å²) in [5, 5.41) is 20.1. The lowest BCUT2D eigenvalue weighted by atomic mass is 9.43. The highest BCUT2D eigenvalue weighted by atomic mass is 16.7. The van der Waals surface area contributed by atoms with Gasteiger partial charge in [0.15, 0.2) is 5.96 Å². The summed E-state index contributed by atoms with van der Waals surface area (Å²) < 4.78 is 13.4. The molecule has 5 aliphatic rings. The van der Waals surface area contributed by atoms with Crippen LogP contribution in [0, 0.1) is 28.6 Å². The molecular formula is C34H54BN5O4. The highest BCUT2D eigenvalue weighted by Gasteiger charge is 2.68. The van der Waals surface area contributed by atoms with Crippen LogP contribution in [0.4, 0.5) is 0 Å². The number of hydrogen-bond acceptors (Lipinski definition) is 5. The molecule has 1 heterocycles. The molecule has 9 nitrogen and oxygen atoms in total. The maximum Gasteiger partial charge on any atom is 0.481 e. The van der Waals surface area contributed by atoms with Gasteiger partial charge in [-0.25, -0.2) is 0 Å². The van der Waals surface area contributed by atoms with Crippen LogP contribution < -0.4 is 21.3 Å². The van der Waals surface area contributed by atoms with E-state index in [0.717, 1.165) is 37.7 Å². The summed E-state index contributed by atoms with van der Waals surface area (Å²) in [5.74, 6) is 1.03. The third kappa shape index (κ3) is 6.26. The van der Waals surface area contributed by atoms with Crippen LogP contribution in [0.15, 0.2) is 30.3 Å². The first-order valence-corrected chi connectivity index (χ1v) is 16.9. The molecule has 0 radical (unpaired) electrons. The fourth-order valence-electron chi connectivity index (χ4n) is 8.66. The fourth-order valence-corrected chi connectivity index (χ4v) is 8.66. The van der Waals surface area contributed by atoms with Gasteiger partial charge in [0.25, 0.3) is 0 Å². The second kappa shape index (κ2) is 13.0. The van der Waals surface area contributed by atoms with Gasteiger partial charge < -0.3 is 30.6 Å². The number of hydrogen-bond donors (Lipinski definition) is 5. The van der Waals surface area contributed by atoms with Gasteiger partial charge in [0.1, 0.15) is 6.04 Å². The van der Waals surface area contributed by atoms with Gasteiger partial charge in [-0.3, -0.25) is 15.0 Å². The summed E-state index contributed by atoms with van der Waals surface area (Å²) in [6.07, 6.45) is 7.50. The van der Waals surface area contributed by atoms with E-state index in [2.05, 4.69) is 55.9 Å². The number of benzene rings is 1. The van der Waals surface area contributed by atoms with Gasteiger partial charge in [0.2, 0.25) is 11.8 Å². The number of nitrogens with one attached hydrogen (secondary N) is 5. The van der Waals surface area contributed by atoms with Gasteiger partial charge in [0.05, 0.1) is 23.1 Å². The molecule has 1 saturated heterocycles. The zero-order valence-electron chi connectivity index (χ0n) is 27.6. The lowest BCUT2D eigenvalue weighted by Crippen LogP contribution is -2.65. The number of guanidine groups is 1. The predicted molar refractivity (Wildman–Crippen MR) is 174 cm³/mol. The minimum Gasteiger partial charge on any atom is -0.404 e. The first kappa shape index (κ1) is 32.8. The van der Waals surface area contributed by atoms with Gasteiger partial charge in [-0.05, 0) is 80.6 Å². The van der Waals surface area contributed by atoms with E-state index in [0.29, 0.717) is 43.6 Å². The maximum absolute atomic E-state index is 14.1. The summed E-state index contributed by atoms with van der Waals surface area (Å²) in [7, 11) is 1.17. The molecule has 1 aromatic carbocycles. The van der Waals surface area contributed by atoms with E-state index >= 15 is 0 Å². The summed E-state index contributed by atoms with van der Waals surface area (Å²) >= 11 is 0. The highest BCUT2D eigenvalue weighted by Crippen LogP contribution is 2.65. The molecule has 0 spiro atoms. The normalized spacial score (nSPS) is 29.2. The summed E-state index contributed by atoms with van der Waals surface area (Å²) in [4.78, 5) is 28.2. The Hall–Kier alpha value is -2.59. The van der Waals surface area contributed by atoms with Gasteiger partial charge in [-0.15, -0.1) is 0 Å². The van der Waals surface area contributed by atoms with Crippen LogP contribution in [-0.2, 0) is 24.3 Å². The molecule has 5 fully saturated rings. The van der Waals surface area contributed by atoms with Crippen molar-refractivity contribution in [1.82, 2.24) is 21.3 Å². The first-order valence-electron chi connectivity index (χ1n) is 16.9. The van der Waals surface area contributed by atoms with E-state index in [-0.39, 0.29) is 40.8 Å². The van der Waals surface area contributed by atoms with Crippen LogP contribution in [0.25, 0.3) is 0 Å². The number of amides is 2. The Morgan fingerprint density at radius 2 is 1.77 bits per heavy atom. The Bertz CT molecular complexity index is 1190. The fraction of sp³-hybridized carbons (Fsp3) is 0.735. The van der Waals surface area contributed by atoms with Crippen molar-refractivity contribution < 1.29 is 18.9 Å². The van der Waals surface area contributed by atoms with Crippen molar-refractivity contribution in [3.8, 4) is 0 Å². The van der Waals surface area contributed by atoms with E-state index in [1.807, 2.05) is 30.3 Å². The molecule has 44 heavy (non-hydrogen) atoms. The first-order chi connectivity index (χ1) is 20.9. The Kier molecular flexibility index (Phi) is 9.71. The summed E-state index contributed by atoms with van der Waals surface area (Å²) in [6, 6.07) is 9.29. The van der Waals surface area contributed by atoms with E-state index in [1.165, 1.54) is 6.42 Å². The molecule has 2 amide bonds. The molecule has 1 aromatic rings. The van der Waals surface area contributed by atoms with Crippen molar-refractivity contribution in [2.45, 2.75) is 122 Å². The largest absolute Gasteiger partial charge is 0.481 e. The van der Waals surface area contributed by atoms with E-state index in [1.54, 1.807) is 7.05 Å². The minimum absolute atomic E-state index is 0.0352.